The molecule has 1 rings (SSSR count). The summed E-state index contributed by atoms with van der Waals surface area (Å²) in [6.45, 7) is 4.81. The van der Waals surface area contributed by atoms with Crippen molar-refractivity contribution in [3.05, 3.63) is 29.6 Å². The van der Waals surface area contributed by atoms with Crippen molar-refractivity contribution < 1.29 is 9.18 Å². The van der Waals surface area contributed by atoms with Crippen molar-refractivity contribution in [2.75, 3.05) is 19.3 Å². The minimum Gasteiger partial charge on any atom is -0.358 e. The van der Waals surface area contributed by atoms with Crippen LogP contribution in [0.25, 0.3) is 0 Å². The van der Waals surface area contributed by atoms with Gasteiger partial charge in [-0.1, -0.05) is 6.92 Å². The minimum atomic E-state index is -0.251. The summed E-state index contributed by atoms with van der Waals surface area (Å²) in [7, 11) is 1.61. The van der Waals surface area contributed by atoms with Crippen molar-refractivity contribution in [2.45, 2.75) is 24.8 Å². The summed E-state index contributed by atoms with van der Waals surface area (Å²) in [5.74, 6) is 0.0546. The van der Waals surface area contributed by atoms with E-state index in [4.69, 9.17) is 0 Å². The van der Waals surface area contributed by atoms with Crippen LogP contribution < -0.4 is 10.6 Å². The molecule has 0 aliphatic rings. The fourth-order valence-electron chi connectivity index (χ4n) is 1.62. The van der Waals surface area contributed by atoms with E-state index in [0.29, 0.717) is 5.75 Å². The second kappa shape index (κ2) is 7.38. The Bertz CT molecular complexity index is 412. The third kappa shape index (κ3) is 4.31. The molecular formula is C13H19FN2OS. The second-order valence-electron chi connectivity index (χ2n) is 3.92. The average molecular weight is 270 g/mol. The summed E-state index contributed by atoms with van der Waals surface area (Å²) < 4.78 is 13.3. The van der Waals surface area contributed by atoms with E-state index in [1.54, 1.807) is 13.1 Å². The molecule has 0 radical (unpaired) electrons. The number of amides is 1. The number of hydrogen-bond acceptors (Lipinski definition) is 3. The van der Waals surface area contributed by atoms with Crippen molar-refractivity contribution >= 4 is 17.7 Å². The van der Waals surface area contributed by atoms with E-state index in [9.17, 15) is 9.18 Å². The predicted octanol–water partition coefficient (Wildman–Crippen LogP) is 2.33. The van der Waals surface area contributed by atoms with Gasteiger partial charge in [-0.25, -0.2) is 4.39 Å². The number of hydrogen-bond donors (Lipinski definition) is 2. The highest BCUT2D eigenvalue weighted by Crippen LogP contribution is 2.28. The Morgan fingerprint density at radius 1 is 1.50 bits per heavy atom. The normalized spacial score (nSPS) is 12.2. The Morgan fingerprint density at radius 3 is 2.83 bits per heavy atom. The van der Waals surface area contributed by atoms with Crippen molar-refractivity contribution in [3.63, 3.8) is 0 Å². The molecule has 5 heteroatoms. The van der Waals surface area contributed by atoms with Crippen LogP contribution in [0.1, 0.15) is 25.5 Å². The summed E-state index contributed by atoms with van der Waals surface area (Å²) in [6, 6.07) is 4.75. The van der Waals surface area contributed by atoms with Gasteiger partial charge in [-0.05, 0) is 37.2 Å². The lowest BCUT2D eigenvalue weighted by Gasteiger charge is -2.16. The average Bonchev–Trinajstić information content (AvgIpc) is 2.37. The molecule has 1 aromatic rings. The number of benzene rings is 1. The number of nitrogens with one attached hydrogen (secondary N) is 2. The number of rotatable bonds is 6. The molecule has 0 saturated heterocycles. The first kappa shape index (κ1) is 15.0. The van der Waals surface area contributed by atoms with E-state index in [2.05, 4.69) is 10.6 Å². The number of carbonyl (C=O) groups is 1. The zero-order valence-corrected chi connectivity index (χ0v) is 11.7. The molecule has 1 aromatic carbocycles. The van der Waals surface area contributed by atoms with Gasteiger partial charge in [0.1, 0.15) is 5.82 Å². The lowest BCUT2D eigenvalue weighted by molar-refractivity contribution is -0.118. The van der Waals surface area contributed by atoms with Crippen LogP contribution in [0.15, 0.2) is 23.1 Å². The fourth-order valence-corrected chi connectivity index (χ4v) is 2.62. The van der Waals surface area contributed by atoms with Gasteiger partial charge in [0.25, 0.3) is 0 Å². The van der Waals surface area contributed by atoms with Crippen LogP contribution in [0, 0.1) is 5.82 Å². The van der Waals surface area contributed by atoms with Gasteiger partial charge < -0.3 is 10.6 Å². The van der Waals surface area contributed by atoms with Gasteiger partial charge in [-0.3, -0.25) is 4.79 Å². The number of carbonyl (C=O) groups excluding carboxylic acids is 1. The molecule has 0 fully saturated rings. The lowest BCUT2D eigenvalue weighted by Crippen LogP contribution is -2.21. The van der Waals surface area contributed by atoms with Gasteiger partial charge >= 0.3 is 0 Å². The highest BCUT2D eigenvalue weighted by Gasteiger charge is 2.12. The minimum absolute atomic E-state index is 0.0358. The number of halogens is 1. The third-order valence-corrected chi connectivity index (χ3v) is 3.68. The highest BCUT2D eigenvalue weighted by atomic mass is 32.2. The van der Waals surface area contributed by atoms with Crippen LogP contribution in [-0.4, -0.2) is 25.3 Å². The van der Waals surface area contributed by atoms with Crippen molar-refractivity contribution in [1.29, 1.82) is 0 Å². The summed E-state index contributed by atoms with van der Waals surface area (Å²) in [6.07, 6.45) is 0. The van der Waals surface area contributed by atoms with E-state index in [1.807, 2.05) is 13.8 Å². The van der Waals surface area contributed by atoms with Crippen LogP contribution in [0.4, 0.5) is 4.39 Å². The maximum Gasteiger partial charge on any atom is 0.230 e. The Balaban J connectivity index is 2.85. The molecule has 100 valence electrons. The molecule has 1 amide bonds. The molecule has 0 aromatic heterocycles. The number of thioether (sulfide) groups is 1. The molecule has 0 spiro atoms. The first-order valence-electron chi connectivity index (χ1n) is 5.94. The van der Waals surface area contributed by atoms with Crippen LogP contribution in [0.3, 0.4) is 0 Å². The molecule has 0 heterocycles. The first-order valence-corrected chi connectivity index (χ1v) is 6.93. The standard InChI is InChI=1S/C13H19FN2OS/c1-4-16-9(2)11-7-10(14)5-6-12(11)18-8-13(17)15-3/h5-7,9,16H,4,8H2,1-3H3,(H,15,17). The quantitative estimate of drug-likeness (QED) is 0.780. The van der Waals surface area contributed by atoms with Gasteiger partial charge in [-0.15, -0.1) is 11.8 Å². The lowest BCUT2D eigenvalue weighted by atomic mass is 10.1. The topological polar surface area (TPSA) is 41.1 Å². The maximum absolute atomic E-state index is 13.3. The highest BCUT2D eigenvalue weighted by molar-refractivity contribution is 8.00. The zero-order valence-electron chi connectivity index (χ0n) is 10.9. The first-order chi connectivity index (χ1) is 8.58. The monoisotopic (exact) mass is 270 g/mol. The molecule has 18 heavy (non-hydrogen) atoms. The van der Waals surface area contributed by atoms with Gasteiger partial charge in [0.2, 0.25) is 5.91 Å². The molecule has 0 saturated carbocycles. The summed E-state index contributed by atoms with van der Waals surface area (Å²) in [4.78, 5) is 12.2. The molecule has 0 aliphatic carbocycles. The van der Waals surface area contributed by atoms with E-state index in [1.165, 1.54) is 23.9 Å². The SMILES string of the molecule is CCNC(C)c1cc(F)ccc1SCC(=O)NC. The van der Waals surface area contributed by atoms with Crippen LogP contribution >= 0.6 is 11.8 Å². The van der Waals surface area contributed by atoms with E-state index >= 15 is 0 Å². The molecule has 1 atom stereocenters. The third-order valence-electron chi connectivity index (χ3n) is 2.59. The summed E-state index contributed by atoms with van der Waals surface area (Å²) in [5.41, 5.74) is 0.894. The second-order valence-corrected chi connectivity index (χ2v) is 4.94. The molecule has 3 nitrogen and oxygen atoms in total. The van der Waals surface area contributed by atoms with Crippen molar-refractivity contribution in [3.8, 4) is 0 Å². The molecule has 0 bridgehead atoms. The van der Waals surface area contributed by atoms with Crippen molar-refractivity contribution in [1.82, 2.24) is 10.6 Å². The predicted molar refractivity (Wildman–Crippen MR) is 73.3 cm³/mol. The molecule has 0 aliphatic heterocycles. The zero-order chi connectivity index (χ0) is 13.5. The van der Waals surface area contributed by atoms with Crippen molar-refractivity contribution in [2.24, 2.45) is 0 Å². The largest absolute Gasteiger partial charge is 0.358 e. The molecule has 2 N–H and O–H groups in total. The smallest absolute Gasteiger partial charge is 0.230 e. The maximum atomic E-state index is 13.3. The van der Waals surface area contributed by atoms with Crippen LogP contribution in [-0.2, 0) is 4.79 Å². The fraction of sp³-hybridized carbons (Fsp3) is 0.462. The van der Waals surface area contributed by atoms with Gasteiger partial charge in [0.15, 0.2) is 0 Å². The molecular weight excluding hydrogens is 251 g/mol. The Labute approximate surface area is 112 Å². The van der Waals surface area contributed by atoms with Crippen LogP contribution in [0.2, 0.25) is 0 Å². The van der Waals surface area contributed by atoms with E-state index < -0.39 is 0 Å². The van der Waals surface area contributed by atoms with E-state index in [-0.39, 0.29) is 17.8 Å². The Kier molecular flexibility index (Phi) is 6.15. The summed E-state index contributed by atoms with van der Waals surface area (Å²) in [5, 5.41) is 5.82. The Morgan fingerprint density at radius 2 is 2.22 bits per heavy atom. The van der Waals surface area contributed by atoms with Crippen LogP contribution in [0.5, 0.6) is 0 Å². The van der Waals surface area contributed by atoms with Gasteiger partial charge in [-0.2, -0.15) is 0 Å². The summed E-state index contributed by atoms with van der Waals surface area (Å²) >= 11 is 1.42. The Hall–Kier alpha value is -1.07. The van der Waals surface area contributed by atoms with E-state index in [0.717, 1.165) is 17.0 Å². The van der Waals surface area contributed by atoms with Gasteiger partial charge in [0, 0.05) is 18.0 Å². The van der Waals surface area contributed by atoms with Gasteiger partial charge in [0.05, 0.1) is 5.75 Å². The molecule has 1 unspecified atom stereocenters.